The van der Waals surface area contributed by atoms with Gasteiger partial charge in [-0.3, -0.25) is 4.79 Å². The molecule has 1 aromatic carbocycles. The Kier molecular flexibility index (Phi) is 5.06. The lowest BCUT2D eigenvalue weighted by atomic mass is 10.1. The number of nitrogens with one attached hydrogen (secondary N) is 1. The van der Waals surface area contributed by atoms with Crippen LogP contribution in [0.1, 0.15) is 16.8 Å². The molecule has 0 saturated carbocycles. The standard InChI is InChI=1S/C16H17F3N4O/c1-10-5-4-6-12(11(10)2)21-14(24)9-23(3)15-20-8-7-13(22-15)16(17,18)19/h4-8H,9H2,1-3H3,(H,21,24). The Morgan fingerprint density at radius 3 is 2.62 bits per heavy atom. The van der Waals surface area contributed by atoms with Gasteiger partial charge < -0.3 is 10.2 Å². The minimum Gasteiger partial charge on any atom is -0.335 e. The predicted octanol–water partition coefficient (Wildman–Crippen LogP) is 3.19. The third kappa shape index (κ3) is 4.21. The van der Waals surface area contributed by atoms with E-state index >= 15 is 0 Å². The Morgan fingerprint density at radius 1 is 1.25 bits per heavy atom. The molecule has 0 radical (unpaired) electrons. The highest BCUT2D eigenvalue weighted by atomic mass is 19.4. The summed E-state index contributed by atoms with van der Waals surface area (Å²) in [6, 6.07) is 6.29. The Bertz CT molecular complexity index is 746. The third-order valence-electron chi connectivity index (χ3n) is 3.53. The zero-order chi connectivity index (χ0) is 17.9. The second-order valence-electron chi connectivity index (χ2n) is 5.39. The fraction of sp³-hybridized carbons (Fsp3) is 0.312. The molecule has 0 saturated heterocycles. The number of halogens is 3. The van der Waals surface area contributed by atoms with E-state index in [-0.39, 0.29) is 18.4 Å². The second kappa shape index (κ2) is 6.86. The van der Waals surface area contributed by atoms with Crippen LogP contribution >= 0.6 is 0 Å². The van der Waals surface area contributed by atoms with Crippen molar-refractivity contribution >= 4 is 17.5 Å². The van der Waals surface area contributed by atoms with E-state index in [1.807, 2.05) is 26.0 Å². The monoisotopic (exact) mass is 338 g/mol. The van der Waals surface area contributed by atoms with Gasteiger partial charge in [0.1, 0.15) is 5.69 Å². The summed E-state index contributed by atoms with van der Waals surface area (Å²) in [5.41, 5.74) is 1.58. The molecule has 5 nitrogen and oxygen atoms in total. The van der Waals surface area contributed by atoms with E-state index in [4.69, 9.17) is 0 Å². The molecule has 1 N–H and O–H groups in total. The number of aryl methyl sites for hydroxylation is 1. The van der Waals surface area contributed by atoms with Crippen LogP contribution in [0.5, 0.6) is 0 Å². The van der Waals surface area contributed by atoms with Gasteiger partial charge in [-0.1, -0.05) is 12.1 Å². The molecule has 1 heterocycles. The van der Waals surface area contributed by atoms with Crippen molar-refractivity contribution in [2.75, 3.05) is 23.8 Å². The van der Waals surface area contributed by atoms with Crippen molar-refractivity contribution in [2.24, 2.45) is 0 Å². The Labute approximate surface area is 137 Å². The first-order chi connectivity index (χ1) is 11.2. The van der Waals surface area contributed by atoms with Gasteiger partial charge in [0.05, 0.1) is 6.54 Å². The van der Waals surface area contributed by atoms with E-state index in [2.05, 4.69) is 15.3 Å². The Hall–Kier alpha value is -2.64. The van der Waals surface area contributed by atoms with Gasteiger partial charge in [-0.2, -0.15) is 13.2 Å². The predicted molar refractivity (Wildman–Crippen MR) is 84.8 cm³/mol. The van der Waals surface area contributed by atoms with Crippen LogP contribution in [0.25, 0.3) is 0 Å². The van der Waals surface area contributed by atoms with Gasteiger partial charge in [0, 0.05) is 18.9 Å². The topological polar surface area (TPSA) is 58.1 Å². The summed E-state index contributed by atoms with van der Waals surface area (Å²) in [5, 5.41) is 2.74. The van der Waals surface area contributed by atoms with E-state index < -0.39 is 11.9 Å². The molecule has 128 valence electrons. The summed E-state index contributed by atoms with van der Waals surface area (Å²) < 4.78 is 38.0. The number of amides is 1. The number of nitrogens with zero attached hydrogens (tertiary/aromatic N) is 3. The van der Waals surface area contributed by atoms with Gasteiger partial charge in [0.25, 0.3) is 0 Å². The zero-order valence-electron chi connectivity index (χ0n) is 13.5. The molecule has 0 atom stereocenters. The lowest BCUT2D eigenvalue weighted by Crippen LogP contribution is -2.31. The van der Waals surface area contributed by atoms with Crippen LogP contribution in [0, 0.1) is 13.8 Å². The molecule has 0 unspecified atom stereocenters. The molecule has 0 aliphatic carbocycles. The van der Waals surface area contributed by atoms with Crippen LogP contribution in [-0.4, -0.2) is 29.5 Å². The molecule has 0 aliphatic rings. The smallest absolute Gasteiger partial charge is 0.335 e. The van der Waals surface area contributed by atoms with E-state index in [1.165, 1.54) is 11.9 Å². The Morgan fingerprint density at radius 2 is 1.96 bits per heavy atom. The molecule has 2 rings (SSSR count). The lowest BCUT2D eigenvalue weighted by molar-refractivity contribution is -0.141. The fourth-order valence-electron chi connectivity index (χ4n) is 2.05. The van der Waals surface area contributed by atoms with E-state index in [9.17, 15) is 18.0 Å². The first kappa shape index (κ1) is 17.7. The molecule has 1 amide bonds. The maximum atomic E-state index is 12.7. The molecule has 0 spiro atoms. The number of aromatic nitrogens is 2. The molecular weight excluding hydrogens is 321 g/mol. The highest BCUT2D eigenvalue weighted by Gasteiger charge is 2.33. The van der Waals surface area contributed by atoms with E-state index in [1.54, 1.807) is 6.07 Å². The van der Waals surface area contributed by atoms with Crippen LogP contribution < -0.4 is 10.2 Å². The average Bonchev–Trinajstić information content (AvgIpc) is 2.51. The van der Waals surface area contributed by atoms with Crippen molar-refractivity contribution in [3.63, 3.8) is 0 Å². The first-order valence-electron chi connectivity index (χ1n) is 7.16. The fourth-order valence-corrected chi connectivity index (χ4v) is 2.05. The SMILES string of the molecule is Cc1cccc(NC(=O)CN(C)c2nccc(C(F)(F)F)n2)c1C. The van der Waals surface area contributed by atoms with E-state index in [0.717, 1.165) is 23.4 Å². The van der Waals surface area contributed by atoms with Crippen molar-refractivity contribution in [3.8, 4) is 0 Å². The van der Waals surface area contributed by atoms with Crippen LogP contribution in [0.15, 0.2) is 30.5 Å². The summed E-state index contributed by atoms with van der Waals surface area (Å²) >= 11 is 0. The van der Waals surface area contributed by atoms with Crippen molar-refractivity contribution in [3.05, 3.63) is 47.3 Å². The first-order valence-corrected chi connectivity index (χ1v) is 7.16. The number of carbonyl (C=O) groups is 1. The van der Waals surface area contributed by atoms with Crippen LogP contribution in [-0.2, 0) is 11.0 Å². The van der Waals surface area contributed by atoms with Crippen LogP contribution in [0.4, 0.5) is 24.8 Å². The van der Waals surface area contributed by atoms with Gasteiger partial charge in [0.15, 0.2) is 0 Å². The number of benzene rings is 1. The molecule has 0 bridgehead atoms. The highest BCUT2D eigenvalue weighted by Crippen LogP contribution is 2.28. The summed E-state index contributed by atoms with van der Waals surface area (Å²) in [6.45, 7) is 3.63. The molecule has 2 aromatic rings. The van der Waals surface area contributed by atoms with Crippen LogP contribution in [0.2, 0.25) is 0 Å². The number of anilines is 2. The summed E-state index contributed by atoms with van der Waals surface area (Å²) in [5.74, 6) is -0.534. The normalized spacial score (nSPS) is 11.2. The van der Waals surface area contributed by atoms with Crippen molar-refractivity contribution in [2.45, 2.75) is 20.0 Å². The van der Waals surface area contributed by atoms with E-state index in [0.29, 0.717) is 5.69 Å². The van der Waals surface area contributed by atoms with Gasteiger partial charge in [0.2, 0.25) is 11.9 Å². The minimum absolute atomic E-state index is 0.166. The third-order valence-corrected chi connectivity index (χ3v) is 3.53. The number of alkyl halides is 3. The molecule has 1 aromatic heterocycles. The Balaban J connectivity index is 2.08. The lowest BCUT2D eigenvalue weighted by Gasteiger charge is -2.18. The van der Waals surface area contributed by atoms with Crippen molar-refractivity contribution < 1.29 is 18.0 Å². The average molecular weight is 338 g/mol. The summed E-state index contributed by atoms with van der Waals surface area (Å²) in [6.07, 6.45) is -3.54. The molecular formula is C16H17F3N4O. The number of hydrogen-bond donors (Lipinski definition) is 1. The second-order valence-corrected chi connectivity index (χ2v) is 5.39. The highest BCUT2D eigenvalue weighted by molar-refractivity contribution is 5.94. The molecule has 24 heavy (non-hydrogen) atoms. The number of rotatable bonds is 4. The van der Waals surface area contributed by atoms with Crippen LogP contribution in [0.3, 0.4) is 0 Å². The van der Waals surface area contributed by atoms with Gasteiger partial charge in [-0.15, -0.1) is 0 Å². The zero-order valence-corrected chi connectivity index (χ0v) is 13.5. The molecule has 8 heteroatoms. The molecule has 0 fully saturated rings. The number of hydrogen-bond acceptors (Lipinski definition) is 4. The molecule has 0 aliphatic heterocycles. The summed E-state index contributed by atoms with van der Waals surface area (Å²) in [4.78, 5) is 20.6. The van der Waals surface area contributed by atoms with Crippen molar-refractivity contribution in [1.29, 1.82) is 0 Å². The minimum atomic E-state index is -4.56. The van der Waals surface area contributed by atoms with Gasteiger partial charge >= 0.3 is 6.18 Å². The summed E-state index contributed by atoms with van der Waals surface area (Å²) in [7, 11) is 1.46. The maximum absolute atomic E-state index is 12.7. The van der Waals surface area contributed by atoms with Gasteiger partial charge in [-0.05, 0) is 37.1 Å². The maximum Gasteiger partial charge on any atom is 0.433 e. The quantitative estimate of drug-likeness (QED) is 0.930. The number of likely N-dealkylation sites (N-methyl/N-ethyl adjacent to an activating group) is 1. The number of carbonyl (C=O) groups excluding carboxylic acids is 1. The van der Waals surface area contributed by atoms with Crippen molar-refractivity contribution in [1.82, 2.24) is 9.97 Å². The largest absolute Gasteiger partial charge is 0.433 e. The van der Waals surface area contributed by atoms with Gasteiger partial charge in [-0.25, -0.2) is 9.97 Å².